The van der Waals surface area contributed by atoms with Crippen LogP contribution in [0.25, 0.3) is 11.4 Å². The standard InChI is InChI=1S/C19H20N4O4S/c1-24-14-6-8-15(25-2)13(9-14)11-20-23-18(21-22-19(23)28)12-5-7-16(26-3)17(10-12)27-4/h5-11H,1-4H3,(H,22,28). The van der Waals surface area contributed by atoms with Crippen molar-refractivity contribution in [2.75, 3.05) is 28.4 Å². The summed E-state index contributed by atoms with van der Waals surface area (Å²) in [6.07, 6.45) is 1.64. The van der Waals surface area contributed by atoms with Crippen LogP contribution in [-0.2, 0) is 0 Å². The van der Waals surface area contributed by atoms with Crippen LogP contribution in [0.5, 0.6) is 23.0 Å². The van der Waals surface area contributed by atoms with E-state index in [-0.39, 0.29) is 0 Å². The molecule has 9 heteroatoms. The van der Waals surface area contributed by atoms with Gasteiger partial charge in [0.1, 0.15) is 11.5 Å². The Bertz CT molecular complexity index is 1060. The molecule has 8 nitrogen and oxygen atoms in total. The van der Waals surface area contributed by atoms with Gasteiger partial charge in [-0.15, -0.1) is 0 Å². The normalized spacial score (nSPS) is 10.9. The Hall–Kier alpha value is -3.33. The Kier molecular flexibility index (Phi) is 5.95. The number of rotatable bonds is 7. The molecule has 0 aliphatic heterocycles. The van der Waals surface area contributed by atoms with Crippen LogP contribution in [0.4, 0.5) is 0 Å². The topological polar surface area (TPSA) is 82.9 Å². The Morgan fingerprint density at radius 2 is 1.64 bits per heavy atom. The lowest BCUT2D eigenvalue weighted by atomic mass is 10.2. The third kappa shape index (κ3) is 3.84. The van der Waals surface area contributed by atoms with Gasteiger partial charge in [0.2, 0.25) is 4.77 Å². The molecule has 2 aromatic carbocycles. The lowest BCUT2D eigenvalue weighted by Crippen LogP contribution is -1.98. The lowest BCUT2D eigenvalue weighted by molar-refractivity contribution is 0.355. The second-order valence-corrected chi connectivity index (χ2v) is 5.97. The van der Waals surface area contributed by atoms with Crippen LogP contribution in [0.3, 0.4) is 0 Å². The maximum atomic E-state index is 5.38. The summed E-state index contributed by atoms with van der Waals surface area (Å²) in [5, 5.41) is 11.5. The summed E-state index contributed by atoms with van der Waals surface area (Å²) in [7, 11) is 6.35. The minimum Gasteiger partial charge on any atom is -0.497 e. The van der Waals surface area contributed by atoms with Crippen LogP contribution < -0.4 is 18.9 Å². The maximum absolute atomic E-state index is 5.38. The fourth-order valence-corrected chi connectivity index (χ4v) is 2.80. The van der Waals surface area contributed by atoms with E-state index in [2.05, 4.69) is 15.3 Å². The number of benzene rings is 2. The molecule has 0 saturated heterocycles. The maximum Gasteiger partial charge on any atom is 0.216 e. The Labute approximate surface area is 167 Å². The fourth-order valence-electron chi connectivity index (χ4n) is 2.62. The molecule has 0 unspecified atom stereocenters. The van der Waals surface area contributed by atoms with E-state index in [4.69, 9.17) is 31.2 Å². The van der Waals surface area contributed by atoms with Crippen molar-refractivity contribution in [3.63, 3.8) is 0 Å². The summed E-state index contributed by atoms with van der Waals surface area (Å²) in [4.78, 5) is 0. The van der Waals surface area contributed by atoms with E-state index in [1.807, 2.05) is 30.3 Å². The average molecular weight is 400 g/mol. The van der Waals surface area contributed by atoms with Crippen LogP contribution in [0, 0.1) is 4.77 Å². The van der Waals surface area contributed by atoms with E-state index in [9.17, 15) is 0 Å². The van der Waals surface area contributed by atoms with Crippen molar-refractivity contribution < 1.29 is 18.9 Å². The van der Waals surface area contributed by atoms with Gasteiger partial charge in [0.05, 0.1) is 34.7 Å². The molecule has 0 amide bonds. The van der Waals surface area contributed by atoms with E-state index in [0.29, 0.717) is 33.6 Å². The number of H-pyrrole nitrogens is 1. The minimum absolute atomic E-state index is 0.350. The largest absolute Gasteiger partial charge is 0.497 e. The van der Waals surface area contributed by atoms with Gasteiger partial charge in [0.25, 0.3) is 0 Å². The van der Waals surface area contributed by atoms with E-state index in [0.717, 1.165) is 11.1 Å². The predicted molar refractivity (Wildman–Crippen MR) is 108 cm³/mol. The fraction of sp³-hybridized carbons (Fsp3) is 0.211. The molecule has 28 heavy (non-hydrogen) atoms. The van der Waals surface area contributed by atoms with Crippen LogP contribution in [0.1, 0.15) is 5.56 Å². The SMILES string of the molecule is COc1ccc(OC)c(C=Nn2c(-c3ccc(OC)c(OC)c3)n[nH]c2=S)c1. The number of hydrogen-bond donors (Lipinski definition) is 1. The van der Waals surface area contributed by atoms with E-state index < -0.39 is 0 Å². The number of nitrogens with one attached hydrogen (secondary N) is 1. The second kappa shape index (κ2) is 8.57. The molecular formula is C19H20N4O4S. The summed E-state index contributed by atoms with van der Waals surface area (Å²) in [6, 6.07) is 10.9. The predicted octanol–water partition coefficient (Wildman–Crippen LogP) is 3.52. The third-order valence-corrected chi connectivity index (χ3v) is 4.31. The first kappa shape index (κ1) is 19.4. The van der Waals surface area contributed by atoms with Crippen molar-refractivity contribution in [3.05, 3.63) is 46.7 Å². The first-order valence-corrected chi connectivity index (χ1v) is 8.68. The molecule has 0 aliphatic carbocycles. The van der Waals surface area contributed by atoms with E-state index in [1.165, 1.54) is 4.68 Å². The van der Waals surface area contributed by atoms with Crippen LogP contribution in [0.15, 0.2) is 41.5 Å². The zero-order chi connectivity index (χ0) is 20.1. The monoisotopic (exact) mass is 400 g/mol. The molecule has 0 radical (unpaired) electrons. The Morgan fingerprint density at radius 3 is 2.32 bits per heavy atom. The molecular weight excluding hydrogens is 380 g/mol. The summed E-state index contributed by atoms with van der Waals surface area (Å²) in [5.74, 6) is 3.09. The van der Waals surface area contributed by atoms with Crippen molar-refractivity contribution >= 4 is 18.4 Å². The highest BCUT2D eigenvalue weighted by Crippen LogP contribution is 2.31. The van der Waals surface area contributed by atoms with Crippen molar-refractivity contribution in [1.29, 1.82) is 0 Å². The molecule has 146 valence electrons. The molecule has 1 aromatic heterocycles. The van der Waals surface area contributed by atoms with Gasteiger partial charge in [-0.25, -0.2) is 5.10 Å². The quantitative estimate of drug-likeness (QED) is 0.483. The Balaban J connectivity index is 2.03. The molecule has 0 fully saturated rings. The van der Waals surface area contributed by atoms with Gasteiger partial charge in [0.15, 0.2) is 17.3 Å². The van der Waals surface area contributed by atoms with Crippen molar-refractivity contribution in [2.24, 2.45) is 5.10 Å². The van der Waals surface area contributed by atoms with Gasteiger partial charge < -0.3 is 18.9 Å². The molecule has 0 saturated carbocycles. The van der Waals surface area contributed by atoms with Gasteiger partial charge in [-0.3, -0.25) is 0 Å². The summed E-state index contributed by atoms with van der Waals surface area (Å²) >= 11 is 5.33. The van der Waals surface area contributed by atoms with Crippen molar-refractivity contribution in [1.82, 2.24) is 14.9 Å². The van der Waals surface area contributed by atoms with Crippen LogP contribution in [0.2, 0.25) is 0 Å². The molecule has 3 rings (SSSR count). The molecule has 0 atom stereocenters. The number of hydrogen-bond acceptors (Lipinski definition) is 7. The van der Waals surface area contributed by atoms with E-state index in [1.54, 1.807) is 40.7 Å². The van der Waals surface area contributed by atoms with Crippen molar-refractivity contribution in [2.45, 2.75) is 0 Å². The zero-order valence-electron chi connectivity index (χ0n) is 15.9. The van der Waals surface area contributed by atoms with Gasteiger partial charge in [0, 0.05) is 11.1 Å². The third-order valence-electron chi connectivity index (χ3n) is 4.04. The summed E-state index contributed by atoms with van der Waals surface area (Å²) in [6.45, 7) is 0. The molecule has 0 spiro atoms. The van der Waals surface area contributed by atoms with Gasteiger partial charge in [-0.05, 0) is 48.6 Å². The number of ether oxygens (including phenoxy) is 4. The highest BCUT2D eigenvalue weighted by atomic mass is 32.1. The molecule has 1 heterocycles. The second-order valence-electron chi connectivity index (χ2n) is 5.59. The number of aromatic amines is 1. The molecule has 3 aromatic rings. The van der Waals surface area contributed by atoms with Gasteiger partial charge in [-0.2, -0.15) is 14.9 Å². The average Bonchev–Trinajstić information content (AvgIpc) is 3.11. The first-order chi connectivity index (χ1) is 13.6. The lowest BCUT2D eigenvalue weighted by Gasteiger charge is -2.09. The highest BCUT2D eigenvalue weighted by molar-refractivity contribution is 7.71. The van der Waals surface area contributed by atoms with E-state index >= 15 is 0 Å². The Morgan fingerprint density at radius 1 is 0.929 bits per heavy atom. The van der Waals surface area contributed by atoms with Crippen molar-refractivity contribution in [3.8, 4) is 34.4 Å². The smallest absolute Gasteiger partial charge is 0.216 e. The number of aromatic nitrogens is 3. The molecule has 0 aliphatic rings. The zero-order valence-corrected chi connectivity index (χ0v) is 16.7. The molecule has 0 bridgehead atoms. The number of nitrogens with zero attached hydrogens (tertiary/aromatic N) is 3. The first-order valence-electron chi connectivity index (χ1n) is 8.27. The molecule has 1 N–H and O–H groups in total. The number of methoxy groups -OCH3 is 4. The van der Waals surface area contributed by atoms with Crippen LogP contribution >= 0.6 is 12.2 Å². The summed E-state index contributed by atoms with van der Waals surface area (Å²) < 4.78 is 23.2. The van der Waals surface area contributed by atoms with Gasteiger partial charge in [-0.1, -0.05) is 0 Å². The minimum atomic E-state index is 0.350. The highest BCUT2D eigenvalue weighted by Gasteiger charge is 2.12. The summed E-state index contributed by atoms with van der Waals surface area (Å²) in [5.41, 5.74) is 1.50. The van der Waals surface area contributed by atoms with Gasteiger partial charge >= 0.3 is 0 Å². The van der Waals surface area contributed by atoms with Crippen LogP contribution in [-0.4, -0.2) is 49.5 Å².